The van der Waals surface area contributed by atoms with Crippen LogP contribution in [0.15, 0.2) is 0 Å². The van der Waals surface area contributed by atoms with Crippen molar-refractivity contribution in [3.8, 4) is 12.3 Å². The number of primary amides is 1. The van der Waals surface area contributed by atoms with Crippen LogP contribution in [0.5, 0.6) is 0 Å². The summed E-state index contributed by atoms with van der Waals surface area (Å²) in [7, 11) is 0. The van der Waals surface area contributed by atoms with Gasteiger partial charge in [-0.2, -0.15) is 0 Å². The predicted octanol–water partition coefficient (Wildman–Crippen LogP) is -0.406. The number of terminal acetylenes is 1. The monoisotopic (exact) mass is 237 g/mol. The summed E-state index contributed by atoms with van der Waals surface area (Å²) in [6, 6.07) is -0.654. The van der Waals surface area contributed by atoms with Gasteiger partial charge in [0.05, 0.1) is 12.6 Å². The average molecular weight is 237 g/mol. The summed E-state index contributed by atoms with van der Waals surface area (Å²) in [6.45, 7) is -0.0677. The number of hydrogen-bond acceptors (Lipinski definition) is 3. The zero-order chi connectivity index (χ0) is 12.8. The highest BCUT2D eigenvalue weighted by molar-refractivity contribution is 5.87. The van der Waals surface area contributed by atoms with Crippen LogP contribution in [0.4, 0.5) is 0 Å². The first-order valence-corrected chi connectivity index (χ1v) is 5.84. The second kappa shape index (κ2) is 6.26. The van der Waals surface area contributed by atoms with Gasteiger partial charge in [-0.25, -0.2) is 0 Å². The number of rotatable bonds is 5. The van der Waals surface area contributed by atoms with Crippen molar-refractivity contribution in [3.63, 3.8) is 0 Å². The number of nitrogens with two attached hydrogens (primary N) is 2. The van der Waals surface area contributed by atoms with Crippen LogP contribution in [-0.4, -0.2) is 35.3 Å². The molecular weight excluding hydrogens is 218 g/mol. The van der Waals surface area contributed by atoms with Gasteiger partial charge in [0.15, 0.2) is 0 Å². The van der Waals surface area contributed by atoms with Crippen molar-refractivity contribution in [1.29, 1.82) is 0 Å². The van der Waals surface area contributed by atoms with Gasteiger partial charge in [-0.15, -0.1) is 12.3 Å². The number of carbonyl (C=O) groups excluding carboxylic acids is 2. The summed E-state index contributed by atoms with van der Waals surface area (Å²) in [5.41, 5.74) is 10.8. The molecule has 0 spiro atoms. The lowest BCUT2D eigenvalue weighted by Gasteiger charge is -2.29. The van der Waals surface area contributed by atoms with Crippen LogP contribution in [0.25, 0.3) is 0 Å². The van der Waals surface area contributed by atoms with E-state index in [1.54, 1.807) is 0 Å². The van der Waals surface area contributed by atoms with Crippen molar-refractivity contribution >= 4 is 11.8 Å². The summed E-state index contributed by atoms with van der Waals surface area (Å²) < 4.78 is 0. The largest absolute Gasteiger partial charge is 0.368 e. The molecule has 1 saturated carbocycles. The molecule has 2 amide bonds. The van der Waals surface area contributed by atoms with Crippen LogP contribution in [0.2, 0.25) is 0 Å². The van der Waals surface area contributed by atoms with Gasteiger partial charge in [0.2, 0.25) is 11.8 Å². The number of nitrogens with zero attached hydrogens (tertiary/aromatic N) is 1. The molecule has 1 aliphatic rings. The van der Waals surface area contributed by atoms with E-state index in [2.05, 4.69) is 5.92 Å². The van der Waals surface area contributed by atoms with Crippen LogP contribution in [0.1, 0.15) is 32.1 Å². The van der Waals surface area contributed by atoms with Gasteiger partial charge >= 0.3 is 0 Å². The van der Waals surface area contributed by atoms with Crippen LogP contribution < -0.4 is 11.5 Å². The fourth-order valence-corrected chi connectivity index (χ4v) is 2.20. The highest BCUT2D eigenvalue weighted by atomic mass is 16.2. The maximum absolute atomic E-state index is 12.1. The maximum atomic E-state index is 12.1. The van der Waals surface area contributed by atoms with Gasteiger partial charge in [0, 0.05) is 12.5 Å². The van der Waals surface area contributed by atoms with E-state index in [1.165, 1.54) is 4.90 Å². The number of amides is 2. The molecule has 0 aromatic rings. The van der Waals surface area contributed by atoms with Crippen LogP contribution in [0.3, 0.4) is 0 Å². The highest BCUT2D eigenvalue weighted by Crippen LogP contribution is 2.23. The quantitative estimate of drug-likeness (QED) is 0.637. The van der Waals surface area contributed by atoms with E-state index >= 15 is 0 Å². The van der Waals surface area contributed by atoms with E-state index in [4.69, 9.17) is 17.9 Å². The van der Waals surface area contributed by atoms with Gasteiger partial charge in [-0.05, 0) is 12.8 Å². The molecule has 0 heterocycles. The molecule has 0 bridgehead atoms. The summed E-state index contributed by atoms with van der Waals surface area (Å²) in [4.78, 5) is 24.5. The Hall–Kier alpha value is -1.54. The topological polar surface area (TPSA) is 89.4 Å². The summed E-state index contributed by atoms with van der Waals surface area (Å²) in [5, 5.41) is 0. The molecule has 17 heavy (non-hydrogen) atoms. The van der Waals surface area contributed by atoms with Crippen molar-refractivity contribution in [1.82, 2.24) is 4.90 Å². The molecular formula is C12H19N3O2. The zero-order valence-electron chi connectivity index (χ0n) is 9.89. The Morgan fingerprint density at radius 3 is 2.47 bits per heavy atom. The summed E-state index contributed by atoms with van der Waals surface area (Å²) in [6.07, 6.45) is 9.25. The Kier molecular flexibility index (Phi) is 4.98. The van der Waals surface area contributed by atoms with Crippen molar-refractivity contribution in [3.05, 3.63) is 0 Å². The molecule has 1 rings (SSSR count). The van der Waals surface area contributed by atoms with E-state index in [1.807, 2.05) is 0 Å². The molecule has 0 aromatic carbocycles. The molecule has 1 atom stereocenters. The van der Waals surface area contributed by atoms with Gasteiger partial charge in [-0.1, -0.05) is 12.8 Å². The van der Waals surface area contributed by atoms with Crippen LogP contribution in [-0.2, 0) is 9.59 Å². The molecule has 0 aromatic heterocycles. The van der Waals surface area contributed by atoms with Gasteiger partial charge in [0.1, 0.15) is 0 Å². The minimum atomic E-state index is -0.736. The van der Waals surface area contributed by atoms with Gasteiger partial charge in [-0.3, -0.25) is 9.59 Å². The van der Waals surface area contributed by atoms with Crippen molar-refractivity contribution in [2.75, 3.05) is 6.54 Å². The molecule has 0 saturated heterocycles. The van der Waals surface area contributed by atoms with Crippen LogP contribution in [0, 0.1) is 12.3 Å². The van der Waals surface area contributed by atoms with E-state index in [-0.39, 0.29) is 24.9 Å². The maximum Gasteiger partial charge on any atom is 0.241 e. The summed E-state index contributed by atoms with van der Waals surface area (Å²) >= 11 is 0. The smallest absolute Gasteiger partial charge is 0.241 e. The van der Waals surface area contributed by atoms with E-state index in [0.29, 0.717) is 0 Å². The number of carbonyl (C=O) groups is 2. The van der Waals surface area contributed by atoms with Crippen molar-refractivity contribution in [2.45, 2.75) is 44.2 Å². The van der Waals surface area contributed by atoms with Gasteiger partial charge in [0.25, 0.3) is 0 Å². The van der Waals surface area contributed by atoms with E-state index < -0.39 is 11.9 Å². The minimum absolute atomic E-state index is 0.0677. The lowest BCUT2D eigenvalue weighted by Crippen LogP contribution is -2.50. The molecule has 0 aliphatic heterocycles. The Bertz CT molecular complexity index is 329. The SMILES string of the molecule is C#CCC(N)C(=O)N(CC(N)=O)C1CCCC1. The van der Waals surface area contributed by atoms with E-state index in [9.17, 15) is 9.59 Å². The first-order chi connectivity index (χ1) is 8.06. The Balaban J connectivity index is 2.71. The molecule has 0 radical (unpaired) electrons. The Morgan fingerprint density at radius 2 is 2.00 bits per heavy atom. The molecule has 1 fully saturated rings. The predicted molar refractivity (Wildman–Crippen MR) is 64.6 cm³/mol. The lowest BCUT2D eigenvalue weighted by molar-refractivity contribution is -0.138. The zero-order valence-corrected chi connectivity index (χ0v) is 9.89. The standard InChI is InChI=1S/C12H19N3O2/c1-2-5-10(13)12(17)15(8-11(14)16)9-6-3-4-7-9/h1,9-10H,3-8,13H2,(H2,14,16). The molecule has 5 nitrogen and oxygen atoms in total. The molecule has 1 aliphatic carbocycles. The lowest BCUT2D eigenvalue weighted by atomic mass is 10.1. The first kappa shape index (κ1) is 13.5. The van der Waals surface area contributed by atoms with Crippen molar-refractivity contribution in [2.24, 2.45) is 11.5 Å². The highest BCUT2D eigenvalue weighted by Gasteiger charge is 2.30. The second-order valence-corrected chi connectivity index (χ2v) is 4.39. The third-order valence-electron chi connectivity index (χ3n) is 3.03. The fraction of sp³-hybridized carbons (Fsp3) is 0.667. The molecule has 94 valence electrons. The third kappa shape index (κ3) is 3.75. The van der Waals surface area contributed by atoms with Gasteiger partial charge < -0.3 is 16.4 Å². The molecule has 5 heteroatoms. The fourth-order valence-electron chi connectivity index (χ4n) is 2.20. The third-order valence-corrected chi connectivity index (χ3v) is 3.03. The van der Waals surface area contributed by atoms with Crippen molar-refractivity contribution < 1.29 is 9.59 Å². The Morgan fingerprint density at radius 1 is 1.41 bits per heavy atom. The molecule has 1 unspecified atom stereocenters. The average Bonchev–Trinajstić information content (AvgIpc) is 2.78. The first-order valence-electron chi connectivity index (χ1n) is 5.84. The summed E-state index contributed by atoms with van der Waals surface area (Å²) in [5.74, 6) is 1.57. The Labute approximate surface area is 102 Å². The molecule has 4 N–H and O–H groups in total. The normalized spacial score (nSPS) is 17.4. The van der Waals surface area contributed by atoms with E-state index in [0.717, 1.165) is 25.7 Å². The van der Waals surface area contributed by atoms with Crippen LogP contribution >= 0.6 is 0 Å². The minimum Gasteiger partial charge on any atom is -0.368 e. The number of hydrogen-bond donors (Lipinski definition) is 2. The second-order valence-electron chi connectivity index (χ2n) is 4.39.